The Bertz CT molecular complexity index is 901. The van der Waals surface area contributed by atoms with Gasteiger partial charge in [0.25, 0.3) is 0 Å². The van der Waals surface area contributed by atoms with E-state index in [4.69, 9.17) is 14.5 Å². The number of anilines is 1. The van der Waals surface area contributed by atoms with E-state index in [0.29, 0.717) is 19.0 Å². The summed E-state index contributed by atoms with van der Waals surface area (Å²) in [6, 6.07) is 13.5. The van der Waals surface area contributed by atoms with Crippen LogP contribution in [0.25, 0.3) is 11.4 Å². The zero-order valence-electron chi connectivity index (χ0n) is 14.8. The lowest BCUT2D eigenvalue weighted by molar-refractivity contribution is 0.0959. The number of likely N-dealkylation sites (N-methyl/N-ethyl adjacent to an activating group) is 1. The van der Waals surface area contributed by atoms with Crippen LogP contribution in [0, 0.1) is 6.92 Å². The number of aromatic nitrogens is 3. The summed E-state index contributed by atoms with van der Waals surface area (Å²) in [7, 11) is 2.00. The molecule has 1 aliphatic rings. The van der Waals surface area contributed by atoms with Crippen LogP contribution < -0.4 is 14.4 Å². The van der Waals surface area contributed by atoms with Gasteiger partial charge in [0.1, 0.15) is 12.4 Å². The number of pyridine rings is 1. The molecule has 1 aromatic carbocycles. The highest BCUT2D eigenvalue weighted by Gasteiger charge is 2.22. The Morgan fingerprint density at radius 1 is 1.12 bits per heavy atom. The first-order valence-corrected chi connectivity index (χ1v) is 8.55. The Labute approximate surface area is 152 Å². The maximum Gasteiger partial charge on any atom is 0.163 e. The number of aryl methyl sites for hydroxylation is 1. The summed E-state index contributed by atoms with van der Waals surface area (Å²) in [6.45, 7) is 3.15. The van der Waals surface area contributed by atoms with Crippen molar-refractivity contribution in [2.24, 2.45) is 0 Å². The molecule has 26 heavy (non-hydrogen) atoms. The van der Waals surface area contributed by atoms with Crippen molar-refractivity contribution < 1.29 is 9.47 Å². The number of benzene rings is 1. The molecule has 0 N–H and O–H groups in total. The van der Waals surface area contributed by atoms with E-state index in [9.17, 15) is 0 Å². The minimum Gasteiger partial charge on any atom is -0.486 e. The van der Waals surface area contributed by atoms with Crippen molar-refractivity contribution >= 4 is 5.82 Å². The van der Waals surface area contributed by atoms with Crippen molar-refractivity contribution in [3.05, 3.63) is 60.6 Å². The predicted octanol–water partition coefficient (Wildman–Crippen LogP) is 3.12. The van der Waals surface area contributed by atoms with Crippen LogP contribution in [0.3, 0.4) is 0 Å². The average Bonchev–Trinajstić information content (AvgIpc) is 2.68. The third-order valence-corrected chi connectivity index (χ3v) is 4.20. The van der Waals surface area contributed by atoms with Crippen molar-refractivity contribution in [1.82, 2.24) is 15.0 Å². The highest BCUT2D eigenvalue weighted by Crippen LogP contribution is 2.31. The van der Waals surface area contributed by atoms with Crippen LogP contribution in [0.4, 0.5) is 5.82 Å². The van der Waals surface area contributed by atoms with Crippen molar-refractivity contribution in [2.45, 2.75) is 13.0 Å². The minimum atomic E-state index is -0.0630. The summed E-state index contributed by atoms with van der Waals surface area (Å²) < 4.78 is 11.8. The van der Waals surface area contributed by atoms with Crippen LogP contribution in [-0.4, -0.2) is 41.3 Å². The fraction of sp³-hybridized carbons (Fsp3) is 0.250. The van der Waals surface area contributed by atoms with Gasteiger partial charge in [0, 0.05) is 36.8 Å². The molecule has 3 heterocycles. The van der Waals surface area contributed by atoms with Gasteiger partial charge in [-0.2, -0.15) is 0 Å². The van der Waals surface area contributed by atoms with Crippen LogP contribution in [-0.2, 0) is 0 Å². The second kappa shape index (κ2) is 7.00. The second-order valence-electron chi connectivity index (χ2n) is 6.31. The van der Waals surface area contributed by atoms with E-state index < -0.39 is 0 Å². The zero-order valence-corrected chi connectivity index (χ0v) is 14.8. The second-order valence-corrected chi connectivity index (χ2v) is 6.31. The van der Waals surface area contributed by atoms with E-state index in [1.54, 1.807) is 12.4 Å². The van der Waals surface area contributed by atoms with Crippen molar-refractivity contribution in [3.8, 4) is 22.9 Å². The maximum absolute atomic E-state index is 6.05. The molecule has 0 amide bonds. The van der Waals surface area contributed by atoms with Crippen LogP contribution >= 0.6 is 0 Å². The number of rotatable bonds is 4. The highest BCUT2D eigenvalue weighted by molar-refractivity contribution is 5.56. The molecule has 0 radical (unpaired) electrons. The van der Waals surface area contributed by atoms with Gasteiger partial charge in [-0.3, -0.25) is 4.98 Å². The molecule has 0 saturated heterocycles. The molecule has 2 aromatic heterocycles. The third kappa shape index (κ3) is 3.44. The standard InChI is InChI=1S/C20H20N4O2/c1-14-10-19(23-20(22-14)15-6-5-9-21-11-15)24(2)12-16-13-25-17-7-3-4-8-18(17)26-16/h3-11,16H,12-13H2,1-2H3. The van der Waals surface area contributed by atoms with Crippen LogP contribution in [0.1, 0.15) is 5.69 Å². The SMILES string of the molecule is Cc1cc(N(C)CC2COc3ccccc3O2)nc(-c2cccnc2)n1. The largest absolute Gasteiger partial charge is 0.486 e. The molecule has 0 saturated carbocycles. The Balaban J connectivity index is 1.52. The highest BCUT2D eigenvalue weighted by atomic mass is 16.6. The number of para-hydroxylation sites is 2. The average molecular weight is 348 g/mol. The maximum atomic E-state index is 6.05. The fourth-order valence-corrected chi connectivity index (χ4v) is 2.92. The molecule has 1 unspecified atom stereocenters. The van der Waals surface area contributed by atoms with Crippen LogP contribution in [0.5, 0.6) is 11.5 Å². The zero-order chi connectivity index (χ0) is 17.9. The quantitative estimate of drug-likeness (QED) is 0.722. The fourth-order valence-electron chi connectivity index (χ4n) is 2.92. The van der Waals surface area contributed by atoms with Crippen molar-refractivity contribution in [3.63, 3.8) is 0 Å². The monoisotopic (exact) mass is 348 g/mol. The molecule has 4 rings (SSSR count). The lowest BCUT2D eigenvalue weighted by atomic mass is 10.2. The molecular weight excluding hydrogens is 328 g/mol. The number of hydrogen-bond acceptors (Lipinski definition) is 6. The van der Waals surface area contributed by atoms with Gasteiger partial charge in [0.15, 0.2) is 23.4 Å². The Morgan fingerprint density at radius 3 is 2.77 bits per heavy atom. The van der Waals surface area contributed by atoms with Crippen molar-refractivity contribution in [1.29, 1.82) is 0 Å². The molecule has 6 heteroatoms. The lowest BCUT2D eigenvalue weighted by Gasteiger charge is -2.30. The van der Waals surface area contributed by atoms with E-state index >= 15 is 0 Å². The molecule has 132 valence electrons. The molecule has 1 atom stereocenters. The summed E-state index contributed by atoms with van der Waals surface area (Å²) in [5, 5.41) is 0. The third-order valence-electron chi connectivity index (χ3n) is 4.20. The topological polar surface area (TPSA) is 60.4 Å². The Hall–Kier alpha value is -3.15. The molecule has 0 fully saturated rings. The van der Waals surface area contributed by atoms with Gasteiger partial charge >= 0.3 is 0 Å². The molecule has 0 bridgehead atoms. The Kier molecular flexibility index (Phi) is 4.39. The predicted molar refractivity (Wildman–Crippen MR) is 99.6 cm³/mol. The van der Waals surface area contributed by atoms with E-state index in [-0.39, 0.29) is 6.10 Å². The van der Waals surface area contributed by atoms with Gasteiger partial charge in [-0.25, -0.2) is 9.97 Å². The molecule has 1 aliphatic heterocycles. The first-order chi connectivity index (χ1) is 12.7. The van der Waals surface area contributed by atoms with Gasteiger partial charge in [0.2, 0.25) is 0 Å². The van der Waals surface area contributed by atoms with E-state index in [2.05, 4.69) is 14.9 Å². The summed E-state index contributed by atoms with van der Waals surface area (Å²) in [6.07, 6.45) is 3.45. The minimum absolute atomic E-state index is 0.0630. The molecule has 6 nitrogen and oxygen atoms in total. The van der Waals surface area contributed by atoms with Gasteiger partial charge in [0.05, 0.1) is 6.54 Å². The van der Waals surface area contributed by atoms with E-state index in [1.165, 1.54) is 0 Å². The number of ether oxygens (including phenoxy) is 2. The number of nitrogens with zero attached hydrogens (tertiary/aromatic N) is 4. The van der Waals surface area contributed by atoms with Gasteiger partial charge < -0.3 is 14.4 Å². The van der Waals surface area contributed by atoms with Crippen LogP contribution in [0.2, 0.25) is 0 Å². The number of fused-ring (bicyclic) bond motifs is 1. The molecule has 3 aromatic rings. The van der Waals surface area contributed by atoms with Gasteiger partial charge in [-0.1, -0.05) is 12.1 Å². The summed E-state index contributed by atoms with van der Waals surface area (Å²) in [5.41, 5.74) is 1.81. The molecule has 0 aliphatic carbocycles. The lowest BCUT2D eigenvalue weighted by Crippen LogP contribution is -2.39. The van der Waals surface area contributed by atoms with Gasteiger partial charge in [-0.05, 0) is 31.2 Å². The summed E-state index contributed by atoms with van der Waals surface area (Å²) in [5.74, 6) is 3.10. The molecular formula is C20H20N4O2. The number of hydrogen-bond donors (Lipinski definition) is 0. The first-order valence-electron chi connectivity index (χ1n) is 8.55. The van der Waals surface area contributed by atoms with Gasteiger partial charge in [-0.15, -0.1) is 0 Å². The van der Waals surface area contributed by atoms with Crippen LogP contribution in [0.15, 0.2) is 54.9 Å². The van der Waals surface area contributed by atoms with E-state index in [0.717, 1.165) is 28.6 Å². The summed E-state index contributed by atoms with van der Waals surface area (Å²) in [4.78, 5) is 15.4. The van der Waals surface area contributed by atoms with Crippen molar-refractivity contribution in [2.75, 3.05) is 25.1 Å². The first kappa shape index (κ1) is 16.3. The van der Waals surface area contributed by atoms with E-state index in [1.807, 2.05) is 56.4 Å². The summed E-state index contributed by atoms with van der Waals surface area (Å²) >= 11 is 0. The normalized spacial score (nSPS) is 15.5. The molecule has 0 spiro atoms. The Morgan fingerprint density at radius 2 is 1.96 bits per heavy atom. The smallest absolute Gasteiger partial charge is 0.163 e.